The van der Waals surface area contributed by atoms with Crippen molar-refractivity contribution in [2.24, 2.45) is 0 Å². The van der Waals surface area contributed by atoms with Crippen molar-refractivity contribution in [2.75, 3.05) is 6.16 Å². The standard InChI is InChI=1S/C16H19OP/c1-2-3-14-18(17,15-10-6-4-7-11-15)16-12-8-5-9-13-16/h4-13H,2-3,14H2,1H3. The molecule has 0 radical (unpaired) electrons. The zero-order valence-electron chi connectivity index (χ0n) is 10.8. The first-order valence-corrected chi connectivity index (χ1v) is 8.37. The molecule has 0 unspecified atom stereocenters. The van der Waals surface area contributed by atoms with Crippen molar-refractivity contribution in [3.05, 3.63) is 60.7 Å². The molecule has 2 aromatic rings. The van der Waals surface area contributed by atoms with Crippen LogP contribution in [0.3, 0.4) is 0 Å². The molecular formula is C16H19OP. The lowest BCUT2D eigenvalue weighted by Crippen LogP contribution is -2.18. The van der Waals surface area contributed by atoms with E-state index in [9.17, 15) is 4.57 Å². The van der Waals surface area contributed by atoms with Crippen LogP contribution in [0.2, 0.25) is 0 Å². The quantitative estimate of drug-likeness (QED) is 0.745. The summed E-state index contributed by atoms with van der Waals surface area (Å²) in [7, 11) is -2.44. The summed E-state index contributed by atoms with van der Waals surface area (Å²) in [6.07, 6.45) is 2.84. The van der Waals surface area contributed by atoms with Gasteiger partial charge in [-0.2, -0.15) is 0 Å². The van der Waals surface area contributed by atoms with Crippen molar-refractivity contribution in [2.45, 2.75) is 19.8 Å². The maximum absolute atomic E-state index is 13.4. The van der Waals surface area contributed by atoms with Crippen LogP contribution in [0.15, 0.2) is 60.7 Å². The lowest BCUT2D eigenvalue weighted by molar-refractivity contribution is 0.585. The maximum Gasteiger partial charge on any atom is 0.143 e. The van der Waals surface area contributed by atoms with Gasteiger partial charge in [0.15, 0.2) is 0 Å². The molecule has 1 nitrogen and oxygen atoms in total. The van der Waals surface area contributed by atoms with E-state index in [2.05, 4.69) is 6.92 Å². The molecule has 0 saturated carbocycles. The molecule has 2 aromatic carbocycles. The second-order valence-corrected chi connectivity index (χ2v) is 7.45. The Hall–Kier alpha value is -1.33. The Morgan fingerprint density at radius 1 is 0.833 bits per heavy atom. The summed E-state index contributed by atoms with van der Waals surface area (Å²) < 4.78 is 13.4. The third-order valence-corrected chi connectivity index (χ3v) is 6.38. The van der Waals surface area contributed by atoms with Gasteiger partial charge < -0.3 is 4.57 Å². The van der Waals surface area contributed by atoms with E-state index in [0.29, 0.717) is 0 Å². The first kappa shape index (κ1) is 13.1. The SMILES string of the molecule is CCCCP(=O)(c1ccccc1)c1ccccc1. The number of hydrogen-bond donors (Lipinski definition) is 0. The van der Waals surface area contributed by atoms with Crippen molar-refractivity contribution in [3.8, 4) is 0 Å². The maximum atomic E-state index is 13.4. The highest BCUT2D eigenvalue weighted by atomic mass is 31.2. The van der Waals surface area contributed by atoms with Crippen molar-refractivity contribution in [1.82, 2.24) is 0 Å². The van der Waals surface area contributed by atoms with E-state index in [4.69, 9.17) is 0 Å². The van der Waals surface area contributed by atoms with Crippen LogP contribution in [0.1, 0.15) is 19.8 Å². The summed E-state index contributed by atoms with van der Waals surface area (Å²) in [5.74, 6) is 0. The molecular weight excluding hydrogens is 239 g/mol. The highest BCUT2D eigenvalue weighted by Gasteiger charge is 2.25. The van der Waals surface area contributed by atoms with Crippen molar-refractivity contribution in [3.63, 3.8) is 0 Å². The Morgan fingerprint density at radius 2 is 1.28 bits per heavy atom. The van der Waals surface area contributed by atoms with E-state index in [-0.39, 0.29) is 0 Å². The fourth-order valence-electron chi connectivity index (χ4n) is 2.13. The Bertz CT molecular complexity index is 476. The van der Waals surface area contributed by atoms with Gasteiger partial charge in [-0.3, -0.25) is 0 Å². The zero-order valence-corrected chi connectivity index (χ0v) is 11.6. The van der Waals surface area contributed by atoms with Gasteiger partial charge in [-0.1, -0.05) is 74.0 Å². The van der Waals surface area contributed by atoms with Gasteiger partial charge in [0.05, 0.1) is 0 Å². The smallest absolute Gasteiger partial charge is 0.143 e. The van der Waals surface area contributed by atoms with Gasteiger partial charge in [0.1, 0.15) is 7.14 Å². The van der Waals surface area contributed by atoms with Gasteiger partial charge in [-0.25, -0.2) is 0 Å². The predicted molar refractivity (Wildman–Crippen MR) is 79.5 cm³/mol. The van der Waals surface area contributed by atoms with E-state index in [0.717, 1.165) is 29.6 Å². The summed E-state index contributed by atoms with van der Waals surface area (Å²) in [4.78, 5) is 0. The fraction of sp³-hybridized carbons (Fsp3) is 0.250. The van der Waals surface area contributed by atoms with Crippen LogP contribution in [-0.2, 0) is 4.57 Å². The fourth-order valence-corrected chi connectivity index (χ4v) is 5.01. The molecule has 0 fully saturated rings. The molecule has 0 N–H and O–H groups in total. The third-order valence-electron chi connectivity index (χ3n) is 3.17. The summed E-state index contributed by atoms with van der Waals surface area (Å²) in [6, 6.07) is 19.8. The largest absolute Gasteiger partial charge is 0.314 e. The van der Waals surface area contributed by atoms with E-state index < -0.39 is 7.14 Å². The predicted octanol–water partition coefficient (Wildman–Crippen LogP) is 3.80. The molecule has 0 aliphatic heterocycles. The Labute approximate surface area is 109 Å². The molecule has 0 spiro atoms. The van der Waals surface area contributed by atoms with Crippen LogP contribution in [0, 0.1) is 0 Å². The molecule has 0 bridgehead atoms. The minimum absolute atomic E-state index is 0.761. The van der Waals surface area contributed by atoms with Crippen LogP contribution in [-0.4, -0.2) is 6.16 Å². The minimum Gasteiger partial charge on any atom is -0.314 e. The average molecular weight is 258 g/mol. The number of unbranched alkanes of at least 4 members (excludes halogenated alkanes) is 1. The molecule has 0 heterocycles. The van der Waals surface area contributed by atoms with E-state index >= 15 is 0 Å². The Balaban J connectivity index is 2.45. The summed E-state index contributed by atoms with van der Waals surface area (Å²) in [5.41, 5.74) is 0. The molecule has 2 rings (SSSR count). The van der Waals surface area contributed by atoms with Crippen molar-refractivity contribution in [1.29, 1.82) is 0 Å². The van der Waals surface area contributed by atoms with Crippen molar-refractivity contribution < 1.29 is 4.57 Å². The van der Waals surface area contributed by atoms with Gasteiger partial charge in [0.25, 0.3) is 0 Å². The van der Waals surface area contributed by atoms with Crippen LogP contribution in [0.4, 0.5) is 0 Å². The molecule has 94 valence electrons. The summed E-state index contributed by atoms with van der Waals surface area (Å²) >= 11 is 0. The van der Waals surface area contributed by atoms with E-state index in [1.165, 1.54) is 0 Å². The minimum atomic E-state index is -2.44. The van der Waals surface area contributed by atoms with Crippen LogP contribution >= 0.6 is 7.14 Å². The van der Waals surface area contributed by atoms with Crippen LogP contribution < -0.4 is 10.6 Å². The monoisotopic (exact) mass is 258 g/mol. The number of benzene rings is 2. The van der Waals surface area contributed by atoms with Gasteiger partial charge in [-0.15, -0.1) is 0 Å². The Kier molecular flexibility index (Phi) is 4.38. The van der Waals surface area contributed by atoms with Gasteiger partial charge in [-0.05, 0) is 6.42 Å². The van der Waals surface area contributed by atoms with Gasteiger partial charge in [0.2, 0.25) is 0 Å². The summed E-state index contributed by atoms with van der Waals surface area (Å²) in [5, 5.41) is 1.95. The molecule has 18 heavy (non-hydrogen) atoms. The highest BCUT2D eigenvalue weighted by Crippen LogP contribution is 2.43. The average Bonchev–Trinajstić information content (AvgIpc) is 2.46. The van der Waals surface area contributed by atoms with Crippen molar-refractivity contribution >= 4 is 17.8 Å². The number of rotatable bonds is 5. The van der Waals surface area contributed by atoms with E-state index in [1.54, 1.807) is 0 Å². The van der Waals surface area contributed by atoms with Gasteiger partial charge in [0, 0.05) is 16.8 Å². The molecule has 0 aliphatic carbocycles. The molecule has 0 amide bonds. The first-order valence-electron chi connectivity index (χ1n) is 6.47. The normalized spacial score (nSPS) is 11.4. The molecule has 0 aromatic heterocycles. The van der Waals surface area contributed by atoms with Crippen LogP contribution in [0.25, 0.3) is 0 Å². The van der Waals surface area contributed by atoms with E-state index in [1.807, 2.05) is 60.7 Å². The van der Waals surface area contributed by atoms with Crippen LogP contribution in [0.5, 0.6) is 0 Å². The first-order chi connectivity index (χ1) is 8.77. The second kappa shape index (κ2) is 6.02. The van der Waals surface area contributed by atoms with Gasteiger partial charge >= 0.3 is 0 Å². The lowest BCUT2D eigenvalue weighted by atomic mass is 10.4. The molecule has 2 heteroatoms. The summed E-state index contributed by atoms with van der Waals surface area (Å²) in [6.45, 7) is 2.14. The molecule has 0 atom stereocenters. The second-order valence-electron chi connectivity index (χ2n) is 4.49. The third kappa shape index (κ3) is 2.73. The zero-order chi connectivity index (χ0) is 12.8. The Morgan fingerprint density at radius 3 is 1.67 bits per heavy atom. The topological polar surface area (TPSA) is 17.1 Å². The number of hydrogen-bond acceptors (Lipinski definition) is 1. The molecule has 0 saturated heterocycles. The molecule has 0 aliphatic rings. The lowest BCUT2D eigenvalue weighted by Gasteiger charge is -2.19. The highest BCUT2D eigenvalue weighted by molar-refractivity contribution is 7.78.